The summed E-state index contributed by atoms with van der Waals surface area (Å²) >= 11 is 0. The lowest BCUT2D eigenvalue weighted by molar-refractivity contribution is -0.148. The number of ether oxygens (including phenoxy) is 1. The van der Waals surface area contributed by atoms with E-state index < -0.39 is 23.3 Å². The summed E-state index contributed by atoms with van der Waals surface area (Å²) in [6.45, 7) is 7.08. The molecule has 0 radical (unpaired) electrons. The first kappa shape index (κ1) is 22.1. The van der Waals surface area contributed by atoms with Crippen molar-refractivity contribution in [3.8, 4) is 5.82 Å². The quantitative estimate of drug-likeness (QED) is 0.675. The fraction of sp³-hybridized carbons (Fsp3) is 0.450. The van der Waals surface area contributed by atoms with Gasteiger partial charge in [0.05, 0.1) is 6.61 Å². The van der Waals surface area contributed by atoms with Crippen LogP contribution in [0.4, 0.5) is 0 Å². The van der Waals surface area contributed by atoms with E-state index >= 15 is 0 Å². The molecular formula is C20H26N4O5. The smallest absolute Gasteiger partial charge is 0.336 e. The molecule has 0 aromatic carbocycles. The Hall–Kier alpha value is -3.23. The number of esters is 1. The van der Waals surface area contributed by atoms with Gasteiger partial charge in [-0.2, -0.15) is 0 Å². The molecule has 0 aliphatic carbocycles. The Morgan fingerprint density at radius 2 is 1.93 bits per heavy atom. The van der Waals surface area contributed by atoms with Crippen LogP contribution in [0.25, 0.3) is 5.82 Å². The van der Waals surface area contributed by atoms with Crippen molar-refractivity contribution in [1.29, 1.82) is 0 Å². The highest BCUT2D eigenvalue weighted by Crippen LogP contribution is 2.08. The van der Waals surface area contributed by atoms with Crippen molar-refractivity contribution in [2.75, 3.05) is 6.61 Å². The number of amides is 1. The van der Waals surface area contributed by atoms with E-state index in [9.17, 15) is 19.2 Å². The third-order valence-electron chi connectivity index (χ3n) is 4.26. The summed E-state index contributed by atoms with van der Waals surface area (Å²) in [6.07, 6.45) is 1.64. The van der Waals surface area contributed by atoms with E-state index in [2.05, 4.69) is 10.3 Å². The van der Waals surface area contributed by atoms with E-state index in [1.807, 2.05) is 13.8 Å². The van der Waals surface area contributed by atoms with Crippen LogP contribution in [-0.4, -0.2) is 38.6 Å². The molecule has 0 aliphatic rings. The van der Waals surface area contributed by atoms with Crippen molar-refractivity contribution < 1.29 is 14.3 Å². The predicted octanol–water partition coefficient (Wildman–Crippen LogP) is 0.486. The molecule has 1 atom stereocenters. The second-order valence-corrected chi connectivity index (χ2v) is 7.31. The predicted molar refractivity (Wildman–Crippen MR) is 107 cm³/mol. The lowest BCUT2D eigenvalue weighted by Crippen LogP contribution is -2.42. The molecule has 9 heteroatoms. The monoisotopic (exact) mass is 402 g/mol. The zero-order chi connectivity index (χ0) is 21.7. The molecule has 156 valence electrons. The third-order valence-corrected chi connectivity index (χ3v) is 4.26. The molecule has 0 saturated heterocycles. The van der Waals surface area contributed by atoms with E-state index in [1.165, 1.54) is 29.8 Å². The van der Waals surface area contributed by atoms with Crippen molar-refractivity contribution in [2.45, 2.75) is 40.2 Å². The minimum Gasteiger partial charge on any atom is -0.464 e. The summed E-state index contributed by atoms with van der Waals surface area (Å²) in [7, 11) is 1.57. The van der Waals surface area contributed by atoms with E-state index in [4.69, 9.17) is 4.74 Å². The summed E-state index contributed by atoms with van der Waals surface area (Å²) < 4.78 is 7.55. The normalized spacial score (nSPS) is 11.9. The van der Waals surface area contributed by atoms with Crippen molar-refractivity contribution in [3.63, 3.8) is 0 Å². The fourth-order valence-corrected chi connectivity index (χ4v) is 2.64. The van der Waals surface area contributed by atoms with Crippen molar-refractivity contribution in [1.82, 2.24) is 19.4 Å². The maximum atomic E-state index is 12.4. The zero-order valence-corrected chi connectivity index (χ0v) is 17.3. The van der Waals surface area contributed by atoms with Gasteiger partial charge in [-0.1, -0.05) is 19.9 Å². The van der Waals surface area contributed by atoms with Crippen LogP contribution in [-0.2, 0) is 27.8 Å². The molecule has 2 aromatic rings. The number of carbonyl (C=O) groups excluding carboxylic acids is 2. The summed E-state index contributed by atoms with van der Waals surface area (Å²) in [5.74, 6) is -0.525. The molecule has 1 amide bonds. The summed E-state index contributed by atoms with van der Waals surface area (Å²) in [6, 6.07) is 3.68. The van der Waals surface area contributed by atoms with E-state index in [0.717, 1.165) is 4.57 Å². The minimum absolute atomic E-state index is 0.171. The highest BCUT2D eigenvalue weighted by Gasteiger charge is 2.22. The standard InChI is InChI=1S/C20H26N4O5/c1-12(2)11-29-19(27)16(22-14(4)25)9-15-6-7-17(21-10-15)24-18(26)8-13(3)23(5)20(24)28/h6-8,10,12,16H,9,11H2,1-5H3,(H,22,25)/t16-/m0/s1. The number of pyridine rings is 1. The second kappa shape index (κ2) is 9.31. The molecule has 2 aromatic heterocycles. The number of hydrogen-bond donors (Lipinski definition) is 1. The van der Waals surface area contributed by atoms with Gasteiger partial charge < -0.3 is 14.6 Å². The van der Waals surface area contributed by atoms with Gasteiger partial charge >= 0.3 is 11.7 Å². The summed E-state index contributed by atoms with van der Waals surface area (Å²) in [5, 5.41) is 2.58. The molecule has 0 bridgehead atoms. The van der Waals surface area contributed by atoms with Crippen molar-refractivity contribution in [3.05, 3.63) is 56.5 Å². The van der Waals surface area contributed by atoms with E-state index in [1.54, 1.807) is 20.0 Å². The molecule has 0 aliphatic heterocycles. The fourth-order valence-electron chi connectivity index (χ4n) is 2.64. The molecular weight excluding hydrogens is 376 g/mol. The van der Waals surface area contributed by atoms with Gasteiger partial charge in [-0.15, -0.1) is 0 Å². The maximum absolute atomic E-state index is 12.4. The van der Waals surface area contributed by atoms with E-state index in [-0.39, 0.29) is 30.7 Å². The van der Waals surface area contributed by atoms with Gasteiger partial charge in [0.1, 0.15) is 11.9 Å². The molecule has 2 rings (SSSR count). The van der Waals surface area contributed by atoms with Crippen LogP contribution in [0.15, 0.2) is 34.0 Å². The topological polar surface area (TPSA) is 112 Å². The SMILES string of the molecule is CC(=O)N[C@@H](Cc1ccc(-n2c(=O)cc(C)n(C)c2=O)nc1)C(=O)OCC(C)C. The highest BCUT2D eigenvalue weighted by atomic mass is 16.5. The van der Waals surface area contributed by atoms with Crippen LogP contribution < -0.4 is 16.6 Å². The van der Waals surface area contributed by atoms with Crippen LogP contribution in [0, 0.1) is 12.8 Å². The molecule has 0 fully saturated rings. The average Bonchev–Trinajstić information content (AvgIpc) is 2.64. The first-order valence-electron chi connectivity index (χ1n) is 9.29. The number of carbonyl (C=O) groups is 2. The Labute approximate surface area is 168 Å². The van der Waals surface area contributed by atoms with Gasteiger partial charge in [-0.3, -0.25) is 9.59 Å². The van der Waals surface area contributed by atoms with Gasteiger partial charge in [0, 0.05) is 38.3 Å². The molecule has 0 saturated carbocycles. The first-order valence-corrected chi connectivity index (χ1v) is 9.29. The van der Waals surface area contributed by atoms with Gasteiger partial charge in [0.15, 0.2) is 0 Å². The molecule has 2 heterocycles. The number of aryl methyl sites for hydroxylation is 1. The van der Waals surface area contributed by atoms with Crippen molar-refractivity contribution in [2.24, 2.45) is 13.0 Å². The second-order valence-electron chi connectivity index (χ2n) is 7.31. The maximum Gasteiger partial charge on any atom is 0.336 e. The summed E-state index contributed by atoms with van der Waals surface area (Å²) in [4.78, 5) is 52.5. The Balaban J connectivity index is 2.25. The van der Waals surface area contributed by atoms with Crippen LogP contribution in [0.1, 0.15) is 32.0 Å². The van der Waals surface area contributed by atoms with Crippen LogP contribution in [0.5, 0.6) is 0 Å². The molecule has 0 unspecified atom stereocenters. The number of nitrogens with one attached hydrogen (secondary N) is 1. The Bertz CT molecular complexity index is 1010. The van der Waals surface area contributed by atoms with Gasteiger partial charge in [0.25, 0.3) is 5.56 Å². The number of rotatable bonds is 7. The van der Waals surface area contributed by atoms with Gasteiger partial charge in [0.2, 0.25) is 5.91 Å². The largest absolute Gasteiger partial charge is 0.464 e. The van der Waals surface area contributed by atoms with Crippen LogP contribution >= 0.6 is 0 Å². The summed E-state index contributed by atoms with van der Waals surface area (Å²) in [5.41, 5.74) is 0.222. The number of hydrogen-bond acceptors (Lipinski definition) is 6. The molecule has 29 heavy (non-hydrogen) atoms. The van der Waals surface area contributed by atoms with Crippen LogP contribution in [0.3, 0.4) is 0 Å². The highest BCUT2D eigenvalue weighted by molar-refractivity contribution is 5.83. The zero-order valence-electron chi connectivity index (χ0n) is 17.3. The Morgan fingerprint density at radius 1 is 1.24 bits per heavy atom. The van der Waals surface area contributed by atoms with Crippen LogP contribution in [0.2, 0.25) is 0 Å². The number of aromatic nitrogens is 3. The first-order chi connectivity index (χ1) is 13.6. The van der Waals surface area contributed by atoms with Crippen molar-refractivity contribution >= 4 is 11.9 Å². The van der Waals surface area contributed by atoms with Gasteiger partial charge in [-0.05, 0) is 24.5 Å². The Kier molecular flexibility index (Phi) is 7.08. The lowest BCUT2D eigenvalue weighted by atomic mass is 10.1. The third kappa shape index (κ3) is 5.63. The average molecular weight is 402 g/mol. The van der Waals surface area contributed by atoms with Gasteiger partial charge in [-0.25, -0.2) is 19.1 Å². The molecule has 9 nitrogen and oxygen atoms in total. The minimum atomic E-state index is -0.853. The van der Waals surface area contributed by atoms with E-state index in [0.29, 0.717) is 11.3 Å². The Morgan fingerprint density at radius 3 is 2.48 bits per heavy atom. The molecule has 0 spiro atoms. The molecule has 1 N–H and O–H groups in total. The lowest BCUT2D eigenvalue weighted by Gasteiger charge is -2.18. The number of nitrogens with zero attached hydrogens (tertiary/aromatic N) is 3.